The number of rotatable bonds is 65. The smallest absolute Gasteiger partial charge is 0.303 e. The molecule has 0 radical (unpaired) electrons. The fourth-order valence-corrected chi connectivity index (χ4v) is 16.3. The van der Waals surface area contributed by atoms with Gasteiger partial charge in [-0.2, -0.15) is 5.26 Å². The Kier molecular flexibility index (Phi) is 57.8. The zero-order valence-corrected chi connectivity index (χ0v) is 81.7. The molecule has 4 aliphatic rings. The molecule has 3 saturated heterocycles. The highest BCUT2D eigenvalue weighted by atomic mass is 31.2. The first-order valence-electron chi connectivity index (χ1n) is 45.2. The largest absolute Gasteiger partial charge is 0.463 e. The Labute approximate surface area is 797 Å². The van der Waals surface area contributed by atoms with Gasteiger partial charge in [-0.15, -0.1) is 0 Å². The second-order valence-electron chi connectivity index (χ2n) is 32.3. The SMILES string of the molecule is CC(=O)NC1C(OCCOCCOCCNC(=O)CCC(NCC(=O)C2CCC(OP(OCCC#N)N(C(C)C)C(C)C)CC2)C(=O)N(CC(=O)NCCOCCOCCOC2OC(COC(C)=O)C(OC(C)=O)C(OC(C)=O)C2NC(C)=O)CC(=O)NCCOCCOCCOC2OC(COC(C)=O)C(OC(C)=O)C(OC(C)=O)C2NC(C)=O)OC(COC(C)=O)C(OC(C)=O)C1OC(C)=O. The molecule has 7 N–H and O–H groups in total. The molecular weight excluding hydrogens is 1840 g/mol. The van der Waals surface area contributed by atoms with Crippen LogP contribution < -0.4 is 37.2 Å². The van der Waals surface area contributed by atoms with E-state index in [1.807, 2.05) is 27.7 Å². The lowest BCUT2D eigenvalue weighted by Crippen LogP contribution is -2.66. The Balaban J connectivity index is 1.49. The summed E-state index contributed by atoms with van der Waals surface area (Å²) in [4.78, 5) is 218. The zero-order chi connectivity index (χ0) is 102. The molecule has 3 aliphatic heterocycles. The molecule has 0 bridgehead atoms. The number of carbonyl (C=O) groups is 17. The first kappa shape index (κ1) is 120. The van der Waals surface area contributed by atoms with Gasteiger partial charge in [0.05, 0.1) is 137 Å². The van der Waals surface area contributed by atoms with Crippen molar-refractivity contribution in [1.29, 1.82) is 5.26 Å². The topological polar surface area (TPSA) is 617 Å². The van der Waals surface area contributed by atoms with E-state index in [0.29, 0.717) is 25.7 Å². The molecule has 50 nitrogen and oxygen atoms in total. The zero-order valence-electron chi connectivity index (χ0n) is 80.8. The Bertz CT molecular complexity index is 3730. The second kappa shape index (κ2) is 66.2. The Morgan fingerprint density at radius 3 is 1.01 bits per heavy atom. The molecule has 4 fully saturated rings. The van der Waals surface area contributed by atoms with Crippen LogP contribution in [0, 0.1) is 17.2 Å². The summed E-state index contributed by atoms with van der Waals surface area (Å²) >= 11 is 0. The van der Waals surface area contributed by atoms with E-state index in [1.54, 1.807) is 0 Å². The summed E-state index contributed by atoms with van der Waals surface area (Å²) in [7, 11) is -1.59. The van der Waals surface area contributed by atoms with Crippen LogP contribution in [-0.2, 0) is 190 Å². The summed E-state index contributed by atoms with van der Waals surface area (Å²) in [6, 6.07) is -2.87. The van der Waals surface area contributed by atoms with Crippen molar-refractivity contribution in [2.45, 2.75) is 272 Å². The van der Waals surface area contributed by atoms with Crippen molar-refractivity contribution < 1.29 is 190 Å². The maximum atomic E-state index is 15.1. The van der Waals surface area contributed by atoms with Crippen molar-refractivity contribution in [2.24, 2.45) is 5.92 Å². The van der Waals surface area contributed by atoms with Gasteiger partial charge in [0.2, 0.25) is 41.4 Å². The quantitative estimate of drug-likeness (QED) is 0.0157. The van der Waals surface area contributed by atoms with Gasteiger partial charge in [0, 0.05) is 127 Å². The minimum atomic E-state index is -1.59. The van der Waals surface area contributed by atoms with Crippen LogP contribution in [0.25, 0.3) is 0 Å². The van der Waals surface area contributed by atoms with Gasteiger partial charge in [-0.3, -0.25) is 86.8 Å². The number of carbonyl (C=O) groups excluding carboxylic acids is 17. The van der Waals surface area contributed by atoms with Crippen LogP contribution in [0.4, 0.5) is 0 Å². The molecule has 4 rings (SSSR count). The number of nitrogens with zero attached hydrogens (tertiary/aromatic N) is 3. The predicted molar refractivity (Wildman–Crippen MR) is 468 cm³/mol. The van der Waals surface area contributed by atoms with Crippen molar-refractivity contribution in [3.63, 3.8) is 0 Å². The summed E-state index contributed by atoms with van der Waals surface area (Å²) in [6.45, 7) is 17.3. The van der Waals surface area contributed by atoms with Crippen molar-refractivity contribution in [3.8, 4) is 6.07 Å². The summed E-state index contributed by atoms with van der Waals surface area (Å²) in [6.07, 6.45) is -14.7. The number of ether oxygens (including phenoxy) is 21. The van der Waals surface area contributed by atoms with E-state index in [2.05, 4.69) is 48.0 Å². The van der Waals surface area contributed by atoms with Gasteiger partial charge in [-0.05, 0) is 59.8 Å². The molecule has 137 heavy (non-hydrogen) atoms. The number of esters is 9. The van der Waals surface area contributed by atoms with Crippen LogP contribution in [0.1, 0.15) is 156 Å². The van der Waals surface area contributed by atoms with Crippen LogP contribution in [0.15, 0.2) is 0 Å². The van der Waals surface area contributed by atoms with Gasteiger partial charge in [0.15, 0.2) is 55.5 Å². The number of ketones is 1. The van der Waals surface area contributed by atoms with Gasteiger partial charge in [0.1, 0.15) is 75.1 Å². The highest BCUT2D eigenvalue weighted by Gasteiger charge is 2.55. The number of hydrogen-bond acceptors (Lipinski definition) is 43. The highest BCUT2D eigenvalue weighted by Crippen LogP contribution is 2.49. The molecule has 7 amide bonds. The van der Waals surface area contributed by atoms with Gasteiger partial charge in [0.25, 0.3) is 8.53 Å². The lowest BCUT2D eigenvalue weighted by atomic mass is 9.84. The van der Waals surface area contributed by atoms with Crippen molar-refractivity contribution in [1.82, 2.24) is 46.8 Å². The van der Waals surface area contributed by atoms with Gasteiger partial charge >= 0.3 is 53.7 Å². The normalized spacial score (nSPS) is 23.4. The molecule has 778 valence electrons. The van der Waals surface area contributed by atoms with Crippen molar-refractivity contribution in [3.05, 3.63) is 0 Å². The molecule has 3 heterocycles. The summed E-state index contributed by atoms with van der Waals surface area (Å²) in [5.74, 6) is -12.3. The standard InChI is InChI=1S/C86H139N10O40P/c1-50(2)96(51(3)4)137(126-28-17-24-87)136-65-20-18-64(19-21-65)67(109)44-91-66(22-23-71(110)88-25-29-114-32-35-117-38-41-120-84-74(92-52(5)97)80(130-61(14)106)77(127-58(11)103)68(133-84)47-123-55(8)100)83(113)95(45-72(111)89-26-30-115-33-36-118-39-42-121-85-75(93-53(6)98)81(131-62(15)107)78(128-59(12)104)69(134-85)48-124-56(9)101)46-73(112)90-27-31-116-34-37-119-40-43-122-86-76(94-54(7)99)82(132-63(16)108)79(129-60(13)105)70(135-86)49-125-57(10)102/h50-51,64-66,68-70,74-82,84-86,91H,17-23,25-49H2,1-16H3,(H,88,110)(H,89,111)(H,90,112)(H,92,97)(H,93,98)(H,94,99). The molecule has 0 aromatic heterocycles. The van der Waals surface area contributed by atoms with Gasteiger partial charge in [-0.1, -0.05) is 0 Å². The molecular formula is C86H139N10O40P. The molecule has 0 aromatic rings. The van der Waals surface area contributed by atoms with E-state index in [4.69, 9.17) is 109 Å². The third-order valence-corrected chi connectivity index (χ3v) is 22.2. The lowest BCUT2D eigenvalue weighted by molar-refractivity contribution is -0.279. The van der Waals surface area contributed by atoms with Gasteiger partial charge < -0.3 is 145 Å². The minimum Gasteiger partial charge on any atom is -0.463 e. The maximum Gasteiger partial charge on any atom is 0.303 e. The molecule has 17 unspecified atom stereocenters. The number of nitriles is 1. The Morgan fingerprint density at radius 2 is 0.708 bits per heavy atom. The van der Waals surface area contributed by atoms with E-state index in [9.17, 15) is 82.0 Å². The number of nitrogens with one attached hydrogen (secondary N) is 7. The fraction of sp³-hybridized carbons (Fsp3) is 0.791. The first-order valence-corrected chi connectivity index (χ1v) is 46.3. The first-order chi connectivity index (χ1) is 65.1. The third kappa shape index (κ3) is 48.3. The molecule has 0 aromatic carbocycles. The average Bonchev–Trinajstić information content (AvgIpc) is 0.794. The monoisotopic (exact) mass is 1980 g/mol. The summed E-state index contributed by atoms with van der Waals surface area (Å²) in [5, 5.41) is 28.2. The number of hydrogen-bond donors (Lipinski definition) is 7. The third-order valence-electron chi connectivity index (χ3n) is 20.1. The number of amides is 7. The highest BCUT2D eigenvalue weighted by molar-refractivity contribution is 7.44. The van der Waals surface area contributed by atoms with Gasteiger partial charge in [-0.25, -0.2) is 4.67 Å². The summed E-state index contributed by atoms with van der Waals surface area (Å²) < 4.78 is 133. The molecule has 0 spiro atoms. The van der Waals surface area contributed by atoms with E-state index in [-0.39, 0.29) is 175 Å². The molecule has 1 saturated carbocycles. The van der Waals surface area contributed by atoms with Crippen LogP contribution in [0.2, 0.25) is 0 Å². The molecule has 17 atom stereocenters. The molecule has 51 heteroatoms. The van der Waals surface area contributed by atoms with E-state index < -0.39 is 240 Å². The van der Waals surface area contributed by atoms with E-state index in [1.165, 1.54) is 20.8 Å². The van der Waals surface area contributed by atoms with E-state index >= 15 is 4.79 Å². The Morgan fingerprint density at radius 1 is 0.394 bits per heavy atom. The summed E-state index contributed by atoms with van der Waals surface area (Å²) in [5.41, 5.74) is 0. The predicted octanol–water partition coefficient (Wildman–Crippen LogP) is -1.56. The number of Topliss-reactive ketones (excluding diaryl/α,β-unsaturated/α-hetero) is 1. The minimum absolute atomic E-state index is 0.0110. The average molecular weight is 1980 g/mol. The fourth-order valence-electron chi connectivity index (χ4n) is 14.6. The van der Waals surface area contributed by atoms with Crippen molar-refractivity contribution in [2.75, 3.05) is 165 Å². The second-order valence-corrected chi connectivity index (χ2v) is 33.7. The van der Waals surface area contributed by atoms with Crippen LogP contribution in [-0.4, -0.2) is 391 Å². The van der Waals surface area contributed by atoms with Crippen LogP contribution in [0.5, 0.6) is 0 Å². The van der Waals surface area contributed by atoms with Crippen LogP contribution >= 0.6 is 8.53 Å². The maximum absolute atomic E-state index is 15.1. The van der Waals surface area contributed by atoms with Crippen molar-refractivity contribution >= 4 is 109 Å². The van der Waals surface area contributed by atoms with E-state index in [0.717, 1.165) is 67.2 Å². The van der Waals surface area contributed by atoms with Crippen LogP contribution in [0.3, 0.4) is 0 Å². The molecule has 1 aliphatic carbocycles. The Hall–Kier alpha value is -9.53. The lowest BCUT2D eigenvalue weighted by Gasteiger charge is -2.44.